The van der Waals surface area contributed by atoms with E-state index >= 15 is 0 Å². The maximum absolute atomic E-state index is 11.7. The SMILES string of the molecule is CC1(c2ccccc2Cl)NCCC1=O. The van der Waals surface area contributed by atoms with Crippen molar-refractivity contribution in [2.24, 2.45) is 0 Å². The van der Waals surface area contributed by atoms with E-state index in [1.54, 1.807) is 0 Å². The van der Waals surface area contributed by atoms with Crippen LogP contribution in [0.15, 0.2) is 24.3 Å². The average Bonchev–Trinajstić information content (AvgIpc) is 2.49. The molecular weight excluding hydrogens is 198 g/mol. The Morgan fingerprint density at radius 3 is 2.71 bits per heavy atom. The van der Waals surface area contributed by atoms with Crippen molar-refractivity contribution in [1.29, 1.82) is 0 Å². The van der Waals surface area contributed by atoms with Crippen LogP contribution in [-0.2, 0) is 10.3 Å². The molecule has 2 nitrogen and oxygen atoms in total. The van der Waals surface area contributed by atoms with Crippen molar-refractivity contribution in [3.8, 4) is 0 Å². The molecule has 0 radical (unpaired) electrons. The second-order valence-corrected chi connectivity index (χ2v) is 4.11. The maximum atomic E-state index is 11.7. The molecule has 0 aromatic heterocycles. The monoisotopic (exact) mass is 209 g/mol. The first-order valence-electron chi connectivity index (χ1n) is 4.68. The van der Waals surface area contributed by atoms with E-state index < -0.39 is 5.54 Å². The van der Waals surface area contributed by atoms with Gasteiger partial charge in [-0.05, 0) is 18.6 Å². The first-order valence-corrected chi connectivity index (χ1v) is 5.06. The third kappa shape index (κ3) is 1.35. The molecule has 0 aliphatic carbocycles. The zero-order chi connectivity index (χ0) is 10.2. The number of carbonyl (C=O) groups excluding carboxylic acids is 1. The molecule has 1 heterocycles. The molecule has 0 bridgehead atoms. The smallest absolute Gasteiger partial charge is 0.158 e. The van der Waals surface area contributed by atoms with Crippen LogP contribution >= 0.6 is 11.6 Å². The molecule has 1 N–H and O–H groups in total. The third-order valence-corrected chi connectivity index (χ3v) is 3.13. The highest BCUT2D eigenvalue weighted by atomic mass is 35.5. The predicted octanol–water partition coefficient (Wildman–Crippen LogP) is 2.12. The molecule has 1 aliphatic heterocycles. The molecule has 2 rings (SSSR count). The fourth-order valence-corrected chi connectivity index (χ4v) is 2.21. The number of Topliss-reactive ketones (excluding diaryl/α,β-unsaturated/α-hetero) is 1. The summed E-state index contributed by atoms with van der Waals surface area (Å²) in [6.07, 6.45) is 0.585. The van der Waals surface area contributed by atoms with E-state index in [0.29, 0.717) is 11.4 Å². The summed E-state index contributed by atoms with van der Waals surface area (Å²) in [5.74, 6) is 0.214. The normalized spacial score (nSPS) is 26.9. The first kappa shape index (κ1) is 9.69. The lowest BCUT2D eigenvalue weighted by Crippen LogP contribution is -2.39. The second kappa shape index (κ2) is 3.37. The quantitative estimate of drug-likeness (QED) is 0.768. The number of carbonyl (C=O) groups is 1. The topological polar surface area (TPSA) is 29.1 Å². The third-order valence-electron chi connectivity index (χ3n) is 2.80. The van der Waals surface area contributed by atoms with E-state index in [0.717, 1.165) is 12.1 Å². The number of rotatable bonds is 1. The highest BCUT2D eigenvalue weighted by molar-refractivity contribution is 6.31. The number of hydrogen-bond donors (Lipinski definition) is 1. The highest BCUT2D eigenvalue weighted by Gasteiger charge is 2.39. The molecular formula is C11H12ClNO. The van der Waals surface area contributed by atoms with E-state index in [2.05, 4.69) is 5.32 Å². The van der Waals surface area contributed by atoms with Gasteiger partial charge in [-0.1, -0.05) is 29.8 Å². The van der Waals surface area contributed by atoms with Crippen molar-refractivity contribution in [3.63, 3.8) is 0 Å². The van der Waals surface area contributed by atoms with E-state index in [-0.39, 0.29) is 5.78 Å². The lowest BCUT2D eigenvalue weighted by atomic mass is 9.89. The predicted molar refractivity (Wildman–Crippen MR) is 56.4 cm³/mol. The van der Waals surface area contributed by atoms with Crippen molar-refractivity contribution in [2.75, 3.05) is 6.54 Å². The standard InChI is InChI=1S/C11H12ClNO/c1-11(10(14)6-7-13-11)8-4-2-3-5-9(8)12/h2-5,13H,6-7H2,1H3. The first-order chi connectivity index (χ1) is 6.64. The fourth-order valence-electron chi connectivity index (χ4n) is 1.89. The Balaban J connectivity index is 2.48. The van der Waals surface area contributed by atoms with Gasteiger partial charge < -0.3 is 5.32 Å². The van der Waals surface area contributed by atoms with Gasteiger partial charge in [0.25, 0.3) is 0 Å². The zero-order valence-electron chi connectivity index (χ0n) is 8.01. The molecule has 3 heteroatoms. The van der Waals surface area contributed by atoms with Crippen LogP contribution in [0.25, 0.3) is 0 Å². The minimum atomic E-state index is -0.585. The van der Waals surface area contributed by atoms with Gasteiger partial charge in [-0.2, -0.15) is 0 Å². The van der Waals surface area contributed by atoms with Gasteiger partial charge in [-0.15, -0.1) is 0 Å². The molecule has 1 aromatic carbocycles. The van der Waals surface area contributed by atoms with Gasteiger partial charge in [0.2, 0.25) is 0 Å². The van der Waals surface area contributed by atoms with Crippen LogP contribution in [0.4, 0.5) is 0 Å². The number of hydrogen-bond acceptors (Lipinski definition) is 2. The molecule has 1 saturated heterocycles. The van der Waals surface area contributed by atoms with Crippen LogP contribution in [0.1, 0.15) is 18.9 Å². The average molecular weight is 210 g/mol. The Morgan fingerprint density at radius 2 is 2.14 bits per heavy atom. The molecule has 1 aromatic rings. The van der Waals surface area contributed by atoms with Crippen LogP contribution in [0.2, 0.25) is 5.02 Å². The van der Waals surface area contributed by atoms with Gasteiger partial charge >= 0.3 is 0 Å². The lowest BCUT2D eigenvalue weighted by molar-refractivity contribution is -0.122. The van der Waals surface area contributed by atoms with Gasteiger partial charge in [0.1, 0.15) is 5.54 Å². The van der Waals surface area contributed by atoms with Crippen molar-refractivity contribution < 1.29 is 4.79 Å². The lowest BCUT2D eigenvalue weighted by Gasteiger charge is -2.24. The summed E-state index contributed by atoms with van der Waals surface area (Å²) in [6.45, 7) is 2.63. The Morgan fingerprint density at radius 1 is 1.43 bits per heavy atom. The van der Waals surface area contributed by atoms with Crippen LogP contribution < -0.4 is 5.32 Å². The Kier molecular flexibility index (Phi) is 2.33. The van der Waals surface area contributed by atoms with Gasteiger partial charge in [0.05, 0.1) is 0 Å². The molecule has 1 aliphatic rings. The fraction of sp³-hybridized carbons (Fsp3) is 0.364. The van der Waals surface area contributed by atoms with Gasteiger partial charge in [-0.25, -0.2) is 0 Å². The van der Waals surface area contributed by atoms with Crippen LogP contribution in [-0.4, -0.2) is 12.3 Å². The molecule has 1 unspecified atom stereocenters. The molecule has 74 valence electrons. The largest absolute Gasteiger partial charge is 0.301 e. The van der Waals surface area contributed by atoms with Gasteiger partial charge in [0.15, 0.2) is 5.78 Å². The number of benzene rings is 1. The Labute approximate surface area is 88.3 Å². The second-order valence-electron chi connectivity index (χ2n) is 3.70. The number of nitrogens with one attached hydrogen (secondary N) is 1. The van der Waals surface area contributed by atoms with Crippen LogP contribution in [0.5, 0.6) is 0 Å². The molecule has 0 amide bonds. The molecule has 0 spiro atoms. The van der Waals surface area contributed by atoms with Gasteiger partial charge in [-0.3, -0.25) is 4.79 Å². The zero-order valence-corrected chi connectivity index (χ0v) is 8.77. The van der Waals surface area contributed by atoms with Crippen molar-refractivity contribution >= 4 is 17.4 Å². The van der Waals surface area contributed by atoms with Crippen LogP contribution in [0, 0.1) is 0 Å². The number of halogens is 1. The maximum Gasteiger partial charge on any atom is 0.158 e. The van der Waals surface area contributed by atoms with Gasteiger partial charge in [0, 0.05) is 18.0 Å². The summed E-state index contributed by atoms with van der Waals surface area (Å²) < 4.78 is 0. The molecule has 14 heavy (non-hydrogen) atoms. The van der Waals surface area contributed by atoms with E-state index in [9.17, 15) is 4.79 Å². The minimum Gasteiger partial charge on any atom is -0.301 e. The summed E-state index contributed by atoms with van der Waals surface area (Å²) in [7, 11) is 0. The van der Waals surface area contributed by atoms with E-state index in [1.165, 1.54) is 0 Å². The van der Waals surface area contributed by atoms with E-state index in [1.807, 2.05) is 31.2 Å². The Bertz CT molecular complexity index is 377. The van der Waals surface area contributed by atoms with Crippen molar-refractivity contribution in [1.82, 2.24) is 5.32 Å². The summed E-state index contributed by atoms with van der Waals surface area (Å²) in [5.41, 5.74) is 0.294. The number of ketones is 1. The Hall–Kier alpha value is -0.860. The van der Waals surface area contributed by atoms with Crippen molar-refractivity contribution in [3.05, 3.63) is 34.9 Å². The highest BCUT2D eigenvalue weighted by Crippen LogP contribution is 2.32. The summed E-state index contributed by atoms with van der Waals surface area (Å²) in [4.78, 5) is 11.7. The van der Waals surface area contributed by atoms with E-state index in [4.69, 9.17) is 11.6 Å². The van der Waals surface area contributed by atoms with Crippen LogP contribution in [0.3, 0.4) is 0 Å². The molecule has 1 atom stereocenters. The summed E-state index contributed by atoms with van der Waals surface area (Å²) >= 11 is 6.07. The van der Waals surface area contributed by atoms with Crippen molar-refractivity contribution in [2.45, 2.75) is 18.9 Å². The summed E-state index contributed by atoms with van der Waals surface area (Å²) in [6, 6.07) is 7.49. The minimum absolute atomic E-state index is 0.214. The molecule has 1 fully saturated rings. The summed E-state index contributed by atoms with van der Waals surface area (Å²) in [5, 5.41) is 3.86. The molecule has 0 saturated carbocycles.